The van der Waals surface area contributed by atoms with E-state index in [0.717, 1.165) is 11.1 Å². The maximum Gasteiger partial charge on any atom is 0.338 e. The van der Waals surface area contributed by atoms with Gasteiger partial charge in [0.05, 0.1) is 54.0 Å². The summed E-state index contributed by atoms with van der Waals surface area (Å²) in [6.07, 6.45) is 6.56. The molecule has 244 valence electrons. The maximum atomic E-state index is 13.6. The Bertz CT molecular complexity index is 1940. The molecule has 5 heterocycles. The SMILES string of the molecule is CCC1=C(C)C2=NC1=CC1=C(C)C3=C(O)C(C)(C(=O)OC)C(=C4NC(=CC5=NC(=C2)C(C(=O)O)=C5C)C(C)C4CCC(=O)OC)C3=N1. The van der Waals surface area contributed by atoms with Gasteiger partial charge >= 0.3 is 17.9 Å². The molecular formula is C36H38N4O7. The summed E-state index contributed by atoms with van der Waals surface area (Å²) in [7, 11) is 2.62. The first-order valence-electron chi connectivity index (χ1n) is 15.7. The molecule has 0 radical (unpaired) electrons. The predicted octanol–water partition coefficient (Wildman–Crippen LogP) is 5.48. The average Bonchev–Trinajstić information content (AvgIpc) is 3.76. The number of aliphatic hydroxyl groups is 1. The van der Waals surface area contributed by atoms with Gasteiger partial charge in [0.25, 0.3) is 0 Å². The quantitative estimate of drug-likeness (QED) is 0.322. The van der Waals surface area contributed by atoms with Crippen LogP contribution in [0.15, 0.2) is 106 Å². The number of esters is 2. The topological polar surface area (TPSA) is 159 Å². The van der Waals surface area contributed by atoms with Crippen molar-refractivity contribution in [1.82, 2.24) is 5.32 Å². The maximum absolute atomic E-state index is 13.6. The van der Waals surface area contributed by atoms with E-state index in [4.69, 9.17) is 24.5 Å². The second kappa shape index (κ2) is 11.3. The number of carboxylic acid groups (broad SMARTS) is 1. The van der Waals surface area contributed by atoms with Crippen molar-refractivity contribution in [2.24, 2.45) is 32.2 Å². The van der Waals surface area contributed by atoms with Crippen LogP contribution in [0, 0.1) is 17.3 Å². The van der Waals surface area contributed by atoms with Crippen LogP contribution in [0.5, 0.6) is 0 Å². The van der Waals surface area contributed by atoms with Crippen molar-refractivity contribution in [2.75, 3.05) is 14.2 Å². The van der Waals surface area contributed by atoms with Gasteiger partial charge in [0.15, 0.2) is 5.41 Å². The minimum atomic E-state index is -1.59. The molecule has 6 rings (SSSR count). The highest BCUT2D eigenvalue weighted by molar-refractivity contribution is 6.25. The lowest BCUT2D eigenvalue weighted by Crippen LogP contribution is -2.35. The molecule has 8 bridgehead atoms. The number of aliphatic hydroxyl groups excluding tert-OH is 1. The first kappa shape index (κ1) is 31.9. The van der Waals surface area contributed by atoms with Gasteiger partial charge in [-0.1, -0.05) is 13.8 Å². The first-order valence-corrected chi connectivity index (χ1v) is 15.7. The average molecular weight is 639 g/mol. The van der Waals surface area contributed by atoms with E-state index in [-0.39, 0.29) is 35.6 Å². The van der Waals surface area contributed by atoms with E-state index in [1.807, 2.05) is 39.8 Å². The number of aliphatic imine (C=N–C) groups is 3. The van der Waals surface area contributed by atoms with Crippen molar-refractivity contribution >= 4 is 35.0 Å². The fourth-order valence-electron chi connectivity index (χ4n) is 7.44. The summed E-state index contributed by atoms with van der Waals surface area (Å²) in [5.74, 6) is -2.84. The van der Waals surface area contributed by atoms with E-state index in [1.165, 1.54) is 14.2 Å². The number of carbonyl (C=O) groups excluding carboxylic acids is 2. The number of carbonyl (C=O) groups is 3. The fourth-order valence-corrected chi connectivity index (χ4v) is 7.44. The number of ether oxygens (including phenoxy) is 2. The smallest absolute Gasteiger partial charge is 0.338 e. The number of carboxylic acids is 1. The van der Waals surface area contributed by atoms with Gasteiger partial charge in [-0.3, -0.25) is 9.59 Å². The largest absolute Gasteiger partial charge is 0.510 e. The molecule has 11 nitrogen and oxygen atoms in total. The van der Waals surface area contributed by atoms with Gasteiger partial charge in [-0.2, -0.15) is 0 Å². The number of hydrogen-bond acceptors (Lipinski definition) is 10. The molecule has 0 spiro atoms. The molecule has 11 heteroatoms. The summed E-state index contributed by atoms with van der Waals surface area (Å²) < 4.78 is 10.2. The summed E-state index contributed by atoms with van der Waals surface area (Å²) in [6.45, 7) is 11.2. The predicted molar refractivity (Wildman–Crippen MR) is 176 cm³/mol. The molecule has 1 aliphatic carbocycles. The Balaban J connectivity index is 1.70. The van der Waals surface area contributed by atoms with Crippen molar-refractivity contribution in [2.45, 2.75) is 60.8 Å². The lowest BCUT2D eigenvalue weighted by molar-refractivity contribution is -0.148. The van der Waals surface area contributed by atoms with Crippen LogP contribution < -0.4 is 5.32 Å². The van der Waals surface area contributed by atoms with Crippen LogP contribution in [0.4, 0.5) is 0 Å². The Labute approximate surface area is 272 Å². The zero-order valence-electron chi connectivity index (χ0n) is 27.8. The molecule has 3 atom stereocenters. The summed E-state index contributed by atoms with van der Waals surface area (Å²) in [5.41, 5.74) is 6.95. The van der Waals surface area contributed by atoms with Gasteiger partial charge in [-0.05, 0) is 81.1 Å². The monoisotopic (exact) mass is 638 g/mol. The van der Waals surface area contributed by atoms with E-state index in [0.29, 0.717) is 80.8 Å². The zero-order chi connectivity index (χ0) is 34.1. The Morgan fingerprint density at radius 1 is 0.957 bits per heavy atom. The molecule has 5 aliphatic heterocycles. The zero-order valence-corrected chi connectivity index (χ0v) is 27.8. The van der Waals surface area contributed by atoms with Gasteiger partial charge in [0.1, 0.15) is 5.76 Å². The minimum absolute atomic E-state index is 0.0922. The van der Waals surface area contributed by atoms with Crippen molar-refractivity contribution in [1.29, 1.82) is 0 Å². The van der Waals surface area contributed by atoms with Gasteiger partial charge in [0.2, 0.25) is 0 Å². The first-order chi connectivity index (χ1) is 22.3. The van der Waals surface area contributed by atoms with Crippen LogP contribution in [-0.2, 0) is 23.9 Å². The molecule has 1 fully saturated rings. The second-order valence-corrected chi connectivity index (χ2v) is 12.6. The van der Waals surface area contributed by atoms with Crippen LogP contribution in [0.2, 0.25) is 0 Å². The summed E-state index contributed by atoms with van der Waals surface area (Å²) in [4.78, 5) is 53.2. The van der Waals surface area contributed by atoms with Crippen LogP contribution in [0.3, 0.4) is 0 Å². The van der Waals surface area contributed by atoms with Crippen molar-refractivity contribution in [3.8, 4) is 0 Å². The molecule has 6 aliphatic rings. The number of aliphatic carboxylic acids is 1. The molecule has 0 aromatic heterocycles. The van der Waals surface area contributed by atoms with Crippen LogP contribution in [0.25, 0.3) is 0 Å². The van der Waals surface area contributed by atoms with E-state index >= 15 is 0 Å². The number of hydrogen-bond donors (Lipinski definition) is 3. The van der Waals surface area contributed by atoms with Gasteiger partial charge in [-0.15, -0.1) is 0 Å². The van der Waals surface area contributed by atoms with E-state index in [2.05, 4.69) is 5.32 Å². The number of fused-ring (bicyclic) bond motifs is 5. The van der Waals surface area contributed by atoms with Crippen LogP contribution in [-0.4, -0.2) is 59.5 Å². The van der Waals surface area contributed by atoms with E-state index < -0.39 is 17.4 Å². The summed E-state index contributed by atoms with van der Waals surface area (Å²) in [5, 5.41) is 25.6. The number of methoxy groups -OCH3 is 2. The highest BCUT2D eigenvalue weighted by atomic mass is 16.5. The normalized spacial score (nSPS) is 26.3. The van der Waals surface area contributed by atoms with Crippen molar-refractivity contribution in [3.63, 3.8) is 0 Å². The van der Waals surface area contributed by atoms with Crippen LogP contribution >= 0.6 is 0 Å². The second-order valence-electron chi connectivity index (χ2n) is 12.6. The summed E-state index contributed by atoms with van der Waals surface area (Å²) in [6, 6.07) is 0. The highest BCUT2D eigenvalue weighted by Crippen LogP contribution is 2.54. The van der Waals surface area contributed by atoms with Crippen molar-refractivity contribution in [3.05, 3.63) is 91.5 Å². The third kappa shape index (κ3) is 4.62. The number of nitrogens with one attached hydrogen (secondary N) is 1. The molecule has 3 unspecified atom stereocenters. The van der Waals surface area contributed by atoms with Crippen molar-refractivity contribution < 1.29 is 34.1 Å². The molecule has 1 saturated heterocycles. The fraction of sp³-hybridized carbons (Fsp3) is 0.389. The van der Waals surface area contributed by atoms with E-state index in [1.54, 1.807) is 19.9 Å². The summed E-state index contributed by atoms with van der Waals surface area (Å²) >= 11 is 0. The standard InChI is InChI=1S/C36H38N4O7/c1-9-19-15(2)21-14-26-28(34(43)44)17(4)23(38-26)12-22-16(3)20(10-11-27(41)46-7)31(39-22)30-32-29(33(42)36(30,6)35(45)47-8)18(5)24(40-32)13-25(19)37-21/h12-14,16,20,39,42H,9-11H2,1-8H3,(H,43,44). The van der Waals surface area contributed by atoms with E-state index in [9.17, 15) is 24.6 Å². The lowest BCUT2D eigenvalue weighted by atomic mass is 9.78. The van der Waals surface area contributed by atoms with Gasteiger partial charge in [0, 0.05) is 40.8 Å². The van der Waals surface area contributed by atoms with Crippen LogP contribution in [0.1, 0.15) is 60.8 Å². The molecular weight excluding hydrogens is 600 g/mol. The molecule has 0 aromatic carbocycles. The molecule has 0 amide bonds. The Morgan fingerprint density at radius 2 is 1.64 bits per heavy atom. The molecule has 0 aromatic rings. The Kier molecular flexibility index (Phi) is 7.69. The molecule has 0 saturated carbocycles. The lowest BCUT2D eigenvalue weighted by Gasteiger charge is -2.27. The number of allylic oxidation sites excluding steroid dienone is 10. The van der Waals surface area contributed by atoms with Gasteiger partial charge in [-0.25, -0.2) is 19.8 Å². The minimum Gasteiger partial charge on any atom is -0.510 e. The number of rotatable bonds is 6. The Morgan fingerprint density at radius 3 is 2.28 bits per heavy atom. The third-order valence-corrected chi connectivity index (χ3v) is 10.2. The third-order valence-electron chi connectivity index (χ3n) is 10.2. The highest BCUT2D eigenvalue weighted by Gasteiger charge is 2.57. The Hall–Kier alpha value is -5.06. The molecule has 3 N–H and O–H groups in total. The molecule has 47 heavy (non-hydrogen) atoms. The number of nitrogens with zero attached hydrogens (tertiary/aromatic N) is 3. The van der Waals surface area contributed by atoms with Gasteiger partial charge < -0.3 is 25.0 Å².